The van der Waals surface area contributed by atoms with Gasteiger partial charge in [-0.1, -0.05) is 0 Å². The molecule has 0 aliphatic carbocycles. The second-order valence-electron chi connectivity index (χ2n) is 5.04. The summed E-state index contributed by atoms with van der Waals surface area (Å²) in [4.78, 5) is 2.32. The van der Waals surface area contributed by atoms with Gasteiger partial charge in [0.15, 0.2) is 0 Å². The van der Waals surface area contributed by atoms with Gasteiger partial charge in [0, 0.05) is 13.7 Å². The van der Waals surface area contributed by atoms with Crippen LogP contribution < -0.4 is 5.73 Å². The van der Waals surface area contributed by atoms with Gasteiger partial charge >= 0.3 is 0 Å². The third-order valence-corrected chi connectivity index (χ3v) is 3.49. The number of hydrogen-bond acceptors (Lipinski definition) is 5. The Morgan fingerprint density at radius 3 is 2.67 bits per heavy atom. The van der Waals surface area contributed by atoms with E-state index in [9.17, 15) is 5.11 Å². The van der Waals surface area contributed by atoms with E-state index in [1.54, 1.807) is 7.11 Å². The van der Waals surface area contributed by atoms with Crippen LogP contribution >= 0.6 is 0 Å². The summed E-state index contributed by atoms with van der Waals surface area (Å²) >= 11 is 0. The van der Waals surface area contributed by atoms with E-state index >= 15 is 0 Å². The highest BCUT2D eigenvalue weighted by Crippen LogP contribution is 2.19. The van der Waals surface area contributed by atoms with Crippen LogP contribution in [0.2, 0.25) is 0 Å². The van der Waals surface area contributed by atoms with Gasteiger partial charge in [-0.05, 0) is 44.8 Å². The molecule has 1 atom stereocenters. The maximum absolute atomic E-state index is 9.84. The van der Waals surface area contributed by atoms with Gasteiger partial charge in [0.1, 0.15) is 0 Å². The predicted molar refractivity (Wildman–Crippen MR) is 71.5 cm³/mol. The zero-order valence-corrected chi connectivity index (χ0v) is 11.5. The second kappa shape index (κ2) is 9.69. The molecule has 0 spiro atoms. The Morgan fingerprint density at radius 2 is 2.06 bits per heavy atom. The lowest BCUT2D eigenvalue weighted by molar-refractivity contribution is -0.00471. The first-order valence-electron chi connectivity index (χ1n) is 6.93. The zero-order valence-electron chi connectivity index (χ0n) is 11.5. The Kier molecular flexibility index (Phi) is 8.54. The van der Waals surface area contributed by atoms with E-state index in [0.717, 1.165) is 32.0 Å². The fourth-order valence-corrected chi connectivity index (χ4v) is 2.41. The lowest BCUT2D eigenvalue weighted by Crippen LogP contribution is -2.40. The van der Waals surface area contributed by atoms with E-state index in [-0.39, 0.29) is 0 Å². The van der Waals surface area contributed by atoms with Crippen LogP contribution in [0.15, 0.2) is 0 Å². The first-order chi connectivity index (χ1) is 8.76. The molecule has 1 unspecified atom stereocenters. The summed E-state index contributed by atoms with van der Waals surface area (Å²) in [6, 6.07) is 0. The summed E-state index contributed by atoms with van der Waals surface area (Å²) in [5.74, 6) is 0.779. The molecule has 0 aromatic carbocycles. The van der Waals surface area contributed by atoms with Crippen LogP contribution in [0.1, 0.15) is 19.3 Å². The fraction of sp³-hybridized carbons (Fsp3) is 1.00. The topological polar surface area (TPSA) is 68.0 Å². The van der Waals surface area contributed by atoms with Crippen molar-refractivity contribution in [3.8, 4) is 0 Å². The molecule has 0 radical (unpaired) electrons. The van der Waals surface area contributed by atoms with Gasteiger partial charge in [0.05, 0.1) is 25.9 Å². The lowest BCUT2D eigenvalue weighted by atomic mass is 9.93. The highest BCUT2D eigenvalue weighted by Gasteiger charge is 2.20. The van der Waals surface area contributed by atoms with E-state index in [0.29, 0.717) is 26.4 Å². The molecule has 0 saturated carbocycles. The van der Waals surface area contributed by atoms with Gasteiger partial charge in [-0.3, -0.25) is 0 Å². The first-order valence-corrected chi connectivity index (χ1v) is 6.93. The molecule has 0 bridgehead atoms. The summed E-state index contributed by atoms with van der Waals surface area (Å²) < 4.78 is 10.2. The number of ether oxygens (including phenoxy) is 2. The van der Waals surface area contributed by atoms with Crippen molar-refractivity contribution in [3.05, 3.63) is 0 Å². The number of hydrogen-bond donors (Lipinski definition) is 2. The van der Waals surface area contributed by atoms with Crippen molar-refractivity contribution in [3.63, 3.8) is 0 Å². The highest BCUT2D eigenvalue weighted by atomic mass is 16.5. The van der Waals surface area contributed by atoms with E-state index in [2.05, 4.69) is 4.90 Å². The van der Waals surface area contributed by atoms with E-state index in [4.69, 9.17) is 15.2 Å². The van der Waals surface area contributed by atoms with Gasteiger partial charge in [-0.2, -0.15) is 0 Å². The normalized spacial score (nSPS) is 20.2. The van der Waals surface area contributed by atoms with Crippen LogP contribution in [-0.4, -0.2) is 69.2 Å². The van der Waals surface area contributed by atoms with Crippen LogP contribution in [0.3, 0.4) is 0 Å². The summed E-state index contributed by atoms with van der Waals surface area (Å²) in [6.07, 6.45) is 3.15. The molecular formula is C13H28N2O3. The van der Waals surface area contributed by atoms with Gasteiger partial charge in [0.2, 0.25) is 0 Å². The van der Waals surface area contributed by atoms with Gasteiger partial charge in [0.25, 0.3) is 0 Å². The predicted octanol–water partition coefficient (Wildman–Crippen LogP) is 0.0711. The smallest absolute Gasteiger partial charge is 0.0900 e. The zero-order chi connectivity index (χ0) is 13.2. The summed E-state index contributed by atoms with van der Waals surface area (Å²) in [6.45, 7) is 5.16. The van der Waals surface area contributed by atoms with Crippen molar-refractivity contribution in [1.29, 1.82) is 0 Å². The van der Waals surface area contributed by atoms with Gasteiger partial charge in [-0.15, -0.1) is 0 Å². The first kappa shape index (κ1) is 15.9. The van der Waals surface area contributed by atoms with E-state index in [1.807, 2.05) is 0 Å². The Balaban J connectivity index is 2.05. The minimum atomic E-state index is -0.395. The standard InChI is InChI=1S/C13H28N2O3/c1-17-8-9-18-11-13(16)10-15-6-3-12(2-5-14)4-7-15/h12-13,16H,2-11,14H2,1H3. The minimum absolute atomic E-state index is 0.395. The number of rotatable bonds is 9. The number of methoxy groups -OCH3 is 1. The van der Waals surface area contributed by atoms with Crippen molar-refractivity contribution in [2.45, 2.75) is 25.4 Å². The van der Waals surface area contributed by atoms with E-state index in [1.165, 1.54) is 12.8 Å². The Bertz CT molecular complexity index is 197. The average molecular weight is 260 g/mol. The number of nitrogens with two attached hydrogens (primary N) is 1. The summed E-state index contributed by atoms with van der Waals surface area (Å²) in [5, 5.41) is 9.84. The quantitative estimate of drug-likeness (QED) is 0.574. The van der Waals surface area contributed by atoms with Crippen molar-refractivity contribution in [2.24, 2.45) is 11.7 Å². The number of nitrogens with zero attached hydrogens (tertiary/aromatic N) is 1. The van der Waals surface area contributed by atoms with Crippen LogP contribution in [-0.2, 0) is 9.47 Å². The molecule has 1 aliphatic heterocycles. The molecule has 5 nitrogen and oxygen atoms in total. The molecule has 1 rings (SSSR count). The van der Waals surface area contributed by atoms with Crippen molar-refractivity contribution in [2.75, 3.05) is 53.1 Å². The highest BCUT2D eigenvalue weighted by molar-refractivity contribution is 4.74. The minimum Gasteiger partial charge on any atom is -0.389 e. The van der Waals surface area contributed by atoms with Crippen LogP contribution in [0.5, 0.6) is 0 Å². The lowest BCUT2D eigenvalue weighted by Gasteiger charge is -2.33. The molecule has 3 N–H and O–H groups in total. The van der Waals surface area contributed by atoms with Crippen molar-refractivity contribution >= 4 is 0 Å². The van der Waals surface area contributed by atoms with Crippen LogP contribution in [0.4, 0.5) is 0 Å². The Hall–Kier alpha value is -0.200. The molecule has 5 heteroatoms. The third kappa shape index (κ3) is 6.66. The molecule has 1 saturated heterocycles. The molecule has 0 amide bonds. The molecule has 0 aromatic heterocycles. The fourth-order valence-electron chi connectivity index (χ4n) is 2.41. The summed E-state index contributed by atoms with van der Waals surface area (Å²) in [5.41, 5.74) is 5.57. The SMILES string of the molecule is COCCOCC(O)CN1CCC(CCN)CC1. The van der Waals surface area contributed by atoms with Gasteiger partial charge in [-0.25, -0.2) is 0 Å². The number of aliphatic hydroxyl groups excluding tert-OH is 1. The van der Waals surface area contributed by atoms with Crippen molar-refractivity contribution in [1.82, 2.24) is 4.90 Å². The Morgan fingerprint density at radius 1 is 1.33 bits per heavy atom. The number of likely N-dealkylation sites (tertiary alicyclic amines) is 1. The molecular weight excluding hydrogens is 232 g/mol. The Labute approximate surface area is 110 Å². The molecule has 1 aliphatic rings. The molecule has 1 heterocycles. The maximum atomic E-state index is 9.84. The monoisotopic (exact) mass is 260 g/mol. The van der Waals surface area contributed by atoms with Gasteiger partial charge < -0.3 is 25.2 Å². The number of aliphatic hydroxyl groups is 1. The van der Waals surface area contributed by atoms with E-state index < -0.39 is 6.10 Å². The molecule has 1 fully saturated rings. The largest absolute Gasteiger partial charge is 0.389 e. The maximum Gasteiger partial charge on any atom is 0.0900 e. The number of β-amino-alcohol motifs (C(OH)–C–C–N with tert-alkyl or cyclic N) is 1. The van der Waals surface area contributed by atoms with Crippen LogP contribution in [0.25, 0.3) is 0 Å². The average Bonchev–Trinajstić information content (AvgIpc) is 2.37. The molecule has 18 heavy (non-hydrogen) atoms. The van der Waals surface area contributed by atoms with Crippen molar-refractivity contribution < 1.29 is 14.6 Å². The second-order valence-corrected chi connectivity index (χ2v) is 5.04. The summed E-state index contributed by atoms with van der Waals surface area (Å²) in [7, 11) is 1.64. The number of piperidine rings is 1. The van der Waals surface area contributed by atoms with Crippen LogP contribution in [0, 0.1) is 5.92 Å². The third-order valence-electron chi connectivity index (χ3n) is 3.49. The molecule has 0 aromatic rings. The molecule has 108 valence electrons.